The molecule has 0 saturated carbocycles. The maximum Gasteiger partial charge on any atom is 0.223 e. The molecule has 2 aromatic rings. The summed E-state index contributed by atoms with van der Waals surface area (Å²) in [6, 6.07) is 16.5. The minimum Gasteiger partial charge on any atom is -0.338 e. The highest BCUT2D eigenvalue weighted by atomic mass is 32.2. The first-order valence-corrected chi connectivity index (χ1v) is 8.87. The molecule has 0 saturated heterocycles. The van der Waals surface area contributed by atoms with Gasteiger partial charge in [0.05, 0.1) is 0 Å². The van der Waals surface area contributed by atoms with Crippen LogP contribution in [0.2, 0.25) is 0 Å². The van der Waals surface area contributed by atoms with Gasteiger partial charge < -0.3 is 4.90 Å². The molecule has 0 radical (unpaired) electrons. The summed E-state index contributed by atoms with van der Waals surface area (Å²) in [5.74, 6) is 0.646. The second-order valence-electron chi connectivity index (χ2n) is 5.35. The number of carbonyl (C=O) groups excluding carboxylic acids is 1. The molecule has 0 atom stereocenters. The molecule has 4 heteroatoms. The van der Waals surface area contributed by atoms with Crippen molar-refractivity contribution in [1.29, 1.82) is 0 Å². The second-order valence-corrected chi connectivity index (χ2v) is 6.52. The predicted molar refractivity (Wildman–Crippen MR) is 93.9 cm³/mol. The van der Waals surface area contributed by atoms with Crippen molar-refractivity contribution in [2.45, 2.75) is 31.2 Å². The van der Waals surface area contributed by atoms with Crippen LogP contribution in [0.4, 0.5) is 4.39 Å². The van der Waals surface area contributed by atoms with Gasteiger partial charge in [0.2, 0.25) is 5.91 Å². The van der Waals surface area contributed by atoms with E-state index in [4.69, 9.17) is 0 Å². The van der Waals surface area contributed by atoms with Crippen LogP contribution in [0.25, 0.3) is 0 Å². The molecule has 122 valence electrons. The third kappa shape index (κ3) is 6.06. The number of hydrogen-bond acceptors (Lipinski definition) is 2. The zero-order valence-electron chi connectivity index (χ0n) is 13.4. The van der Waals surface area contributed by atoms with Crippen molar-refractivity contribution in [3.05, 3.63) is 66.0 Å². The van der Waals surface area contributed by atoms with E-state index in [2.05, 4.69) is 6.92 Å². The number of amides is 1. The smallest absolute Gasteiger partial charge is 0.223 e. The van der Waals surface area contributed by atoms with E-state index >= 15 is 0 Å². The quantitative estimate of drug-likeness (QED) is 0.651. The van der Waals surface area contributed by atoms with Crippen molar-refractivity contribution in [1.82, 2.24) is 4.90 Å². The van der Waals surface area contributed by atoms with Crippen molar-refractivity contribution < 1.29 is 9.18 Å². The number of thioether (sulfide) groups is 1. The van der Waals surface area contributed by atoms with Gasteiger partial charge in [0.15, 0.2) is 0 Å². The Kier molecular flexibility index (Phi) is 7.14. The Balaban J connectivity index is 1.84. The summed E-state index contributed by atoms with van der Waals surface area (Å²) in [5.41, 5.74) is 1.15. The standard InChI is InChI=1S/C19H22FNOS/c1-2-13-21(15-16-6-4-3-5-7-16)19(22)12-14-23-18-10-8-17(20)9-11-18/h3-11H,2,12-15H2,1H3. The average Bonchev–Trinajstić information content (AvgIpc) is 2.57. The maximum absolute atomic E-state index is 12.9. The van der Waals surface area contributed by atoms with Crippen molar-refractivity contribution in [2.75, 3.05) is 12.3 Å². The Morgan fingerprint density at radius 3 is 2.43 bits per heavy atom. The van der Waals surface area contributed by atoms with Crippen LogP contribution in [0.3, 0.4) is 0 Å². The Morgan fingerprint density at radius 1 is 1.09 bits per heavy atom. The van der Waals surface area contributed by atoms with Crippen molar-refractivity contribution in [2.24, 2.45) is 0 Å². The lowest BCUT2D eigenvalue weighted by Gasteiger charge is -2.22. The molecule has 0 bridgehead atoms. The van der Waals surface area contributed by atoms with E-state index in [0.29, 0.717) is 18.7 Å². The number of benzene rings is 2. The number of nitrogens with zero attached hydrogens (tertiary/aromatic N) is 1. The van der Waals surface area contributed by atoms with Crippen LogP contribution in [0.15, 0.2) is 59.5 Å². The molecular weight excluding hydrogens is 309 g/mol. The largest absolute Gasteiger partial charge is 0.338 e. The molecule has 0 aromatic heterocycles. The predicted octanol–water partition coefficient (Wildman–Crippen LogP) is 4.75. The Bertz CT molecular complexity index is 601. The molecule has 2 aromatic carbocycles. The molecule has 0 aliphatic heterocycles. The summed E-state index contributed by atoms with van der Waals surface area (Å²) >= 11 is 1.59. The molecule has 0 aliphatic rings. The lowest BCUT2D eigenvalue weighted by atomic mass is 10.2. The van der Waals surface area contributed by atoms with E-state index in [9.17, 15) is 9.18 Å². The van der Waals surface area contributed by atoms with Crippen LogP contribution in [-0.4, -0.2) is 23.1 Å². The fourth-order valence-electron chi connectivity index (χ4n) is 2.31. The zero-order chi connectivity index (χ0) is 16.5. The van der Waals surface area contributed by atoms with Gasteiger partial charge in [0, 0.05) is 30.2 Å². The number of hydrogen-bond donors (Lipinski definition) is 0. The van der Waals surface area contributed by atoms with Gasteiger partial charge >= 0.3 is 0 Å². The molecule has 2 nitrogen and oxygen atoms in total. The molecule has 0 heterocycles. The lowest BCUT2D eigenvalue weighted by molar-refractivity contribution is -0.131. The molecule has 0 fully saturated rings. The van der Waals surface area contributed by atoms with E-state index in [1.165, 1.54) is 12.1 Å². The fraction of sp³-hybridized carbons (Fsp3) is 0.316. The number of carbonyl (C=O) groups is 1. The van der Waals surface area contributed by atoms with Crippen LogP contribution >= 0.6 is 11.8 Å². The summed E-state index contributed by atoms with van der Waals surface area (Å²) in [6.45, 7) is 3.52. The summed E-state index contributed by atoms with van der Waals surface area (Å²) in [6.07, 6.45) is 1.44. The van der Waals surface area contributed by atoms with Gasteiger partial charge in [-0.25, -0.2) is 4.39 Å². The zero-order valence-corrected chi connectivity index (χ0v) is 14.2. The Labute approximate surface area is 141 Å². The second kappa shape index (κ2) is 9.36. The summed E-state index contributed by atoms with van der Waals surface area (Å²) < 4.78 is 12.9. The normalized spacial score (nSPS) is 10.5. The lowest BCUT2D eigenvalue weighted by Crippen LogP contribution is -2.31. The van der Waals surface area contributed by atoms with Crippen LogP contribution in [0.5, 0.6) is 0 Å². The molecule has 2 rings (SSSR count). The van der Waals surface area contributed by atoms with Crippen LogP contribution in [0.1, 0.15) is 25.3 Å². The third-order valence-electron chi connectivity index (χ3n) is 3.46. The SMILES string of the molecule is CCCN(Cc1ccccc1)C(=O)CCSc1ccc(F)cc1. The van der Waals surface area contributed by atoms with Gasteiger partial charge in [0.25, 0.3) is 0 Å². The van der Waals surface area contributed by atoms with Crippen molar-refractivity contribution in [3.8, 4) is 0 Å². The van der Waals surface area contributed by atoms with Gasteiger partial charge in [-0.1, -0.05) is 37.3 Å². The monoisotopic (exact) mass is 331 g/mol. The van der Waals surface area contributed by atoms with Gasteiger partial charge in [-0.05, 0) is 36.2 Å². The van der Waals surface area contributed by atoms with Crippen LogP contribution in [0, 0.1) is 5.82 Å². The first-order chi connectivity index (χ1) is 11.2. The topological polar surface area (TPSA) is 20.3 Å². The fourth-order valence-corrected chi connectivity index (χ4v) is 3.15. The molecular formula is C19H22FNOS. The van der Waals surface area contributed by atoms with E-state index in [1.807, 2.05) is 35.2 Å². The van der Waals surface area contributed by atoms with Gasteiger partial charge in [-0.2, -0.15) is 0 Å². The van der Waals surface area contributed by atoms with Crippen molar-refractivity contribution in [3.63, 3.8) is 0 Å². The molecule has 1 amide bonds. The summed E-state index contributed by atoms with van der Waals surface area (Å²) in [5, 5.41) is 0. The Morgan fingerprint density at radius 2 is 1.78 bits per heavy atom. The third-order valence-corrected chi connectivity index (χ3v) is 4.47. The average molecular weight is 331 g/mol. The molecule has 0 aliphatic carbocycles. The van der Waals surface area contributed by atoms with E-state index in [1.54, 1.807) is 23.9 Å². The first kappa shape index (κ1) is 17.5. The number of halogens is 1. The minimum absolute atomic E-state index is 0.172. The summed E-state index contributed by atoms with van der Waals surface area (Å²) in [4.78, 5) is 15.3. The highest BCUT2D eigenvalue weighted by molar-refractivity contribution is 7.99. The Hall–Kier alpha value is -1.81. The first-order valence-electron chi connectivity index (χ1n) is 7.89. The van der Waals surface area contributed by atoms with Crippen molar-refractivity contribution >= 4 is 17.7 Å². The molecule has 23 heavy (non-hydrogen) atoms. The highest BCUT2D eigenvalue weighted by Crippen LogP contribution is 2.19. The van der Waals surface area contributed by atoms with E-state index in [0.717, 1.165) is 23.4 Å². The van der Waals surface area contributed by atoms with Crippen LogP contribution in [-0.2, 0) is 11.3 Å². The van der Waals surface area contributed by atoms with Gasteiger partial charge in [0.1, 0.15) is 5.82 Å². The molecule has 0 spiro atoms. The highest BCUT2D eigenvalue weighted by Gasteiger charge is 2.13. The van der Waals surface area contributed by atoms with Crippen LogP contribution < -0.4 is 0 Å². The maximum atomic E-state index is 12.9. The molecule has 0 N–H and O–H groups in total. The van der Waals surface area contributed by atoms with E-state index < -0.39 is 0 Å². The van der Waals surface area contributed by atoms with E-state index in [-0.39, 0.29) is 11.7 Å². The van der Waals surface area contributed by atoms with Gasteiger partial charge in [-0.3, -0.25) is 4.79 Å². The summed E-state index contributed by atoms with van der Waals surface area (Å²) in [7, 11) is 0. The van der Waals surface area contributed by atoms with Gasteiger partial charge in [-0.15, -0.1) is 11.8 Å². The molecule has 0 unspecified atom stereocenters. The minimum atomic E-state index is -0.234. The number of rotatable bonds is 8.